The number of para-hydroxylation sites is 1. The molecule has 0 aliphatic heterocycles. The zero-order valence-electron chi connectivity index (χ0n) is 12.4. The van der Waals surface area contributed by atoms with Crippen LogP contribution in [-0.4, -0.2) is 23.9 Å². The van der Waals surface area contributed by atoms with Crippen LogP contribution in [0.1, 0.15) is 43.0 Å². The molecule has 2 N–H and O–H groups in total. The van der Waals surface area contributed by atoms with Gasteiger partial charge in [0.2, 0.25) is 0 Å². The second kappa shape index (κ2) is 6.56. The van der Waals surface area contributed by atoms with Gasteiger partial charge in [-0.1, -0.05) is 25.8 Å². The molecule has 2 rings (SSSR count). The lowest BCUT2D eigenvalue weighted by Gasteiger charge is -2.18. The third-order valence-corrected chi connectivity index (χ3v) is 3.88. The van der Waals surface area contributed by atoms with Gasteiger partial charge in [0.05, 0.1) is 10.5 Å². The summed E-state index contributed by atoms with van der Waals surface area (Å²) in [6.07, 6.45) is 4.34. The second-order valence-electron chi connectivity index (χ2n) is 5.46. The number of carbonyl (C=O) groups excluding carboxylic acids is 1. The van der Waals surface area contributed by atoms with Crippen molar-refractivity contribution in [1.29, 1.82) is 0 Å². The molecule has 1 aliphatic carbocycles. The molecule has 114 valence electrons. The molecule has 1 atom stereocenters. The molecular formula is C15H21N3O3. The van der Waals surface area contributed by atoms with Crippen molar-refractivity contribution in [2.45, 2.75) is 38.6 Å². The normalized spacial score (nSPS) is 15.3. The largest absolute Gasteiger partial charge is 0.382 e. The van der Waals surface area contributed by atoms with Crippen LogP contribution in [0.15, 0.2) is 18.2 Å². The van der Waals surface area contributed by atoms with Crippen molar-refractivity contribution in [2.24, 2.45) is 5.92 Å². The number of rotatable bonds is 7. The molecule has 1 aromatic rings. The molecule has 1 aromatic carbocycles. The first-order valence-electron chi connectivity index (χ1n) is 7.32. The average Bonchev–Trinajstić information content (AvgIpc) is 3.29. The van der Waals surface area contributed by atoms with E-state index in [4.69, 9.17) is 0 Å². The number of amides is 1. The van der Waals surface area contributed by atoms with Crippen LogP contribution >= 0.6 is 0 Å². The molecule has 0 radical (unpaired) electrons. The van der Waals surface area contributed by atoms with Crippen molar-refractivity contribution in [2.75, 3.05) is 12.4 Å². The summed E-state index contributed by atoms with van der Waals surface area (Å²) in [6.45, 7) is 2.04. The van der Waals surface area contributed by atoms with E-state index < -0.39 is 4.92 Å². The minimum atomic E-state index is -0.482. The highest BCUT2D eigenvalue weighted by Crippen LogP contribution is 2.34. The summed E-state index contributed by atoms with van der Waals surface area (Å²) in [5.41, 5.74) is 0.502. The van der Waals surface area contributed by atoms with Gasteiger partial charge in [0.1, 0.15) is 5.69 Å². The van der Waals surface area contributed by atoms with Crippen molar-refractivity contribution in [3.8, 4) is 0 Å². The highest BCUT2D eigenvalue weighted by molar-refractivity contribution is 6.01. The van der Waals surface area contributed by atoms with Gasteiger partial charge < -0.3 is 10.6 Å². The average molecular weight is 291 g/mol. The van der Waals surface area contributed by atoms with E-state index in [-0.39, 0.29) is 23.3 Å². The van der Waals surface area contributed by atoms with Gasteiger partial charge in [0, 0.05) is 19.2 Å². The number of anilines is 1. The first-order valence-corrected chi connectivity index (χ1v) is 7.32. The number of nitro groups is 1. The monoisotopic (exact) mass is 291 g/mol. The number of nitrogens with zero attached hydrogens (tertiary/aromatic N) is 1. The predicted octanol–water partition coefficient (Wildman–Crippen LogP) is 2.95. The smallest absolute Gasteiger partial charge is 0.293 e. The van der Waals surface area contributed by atoms with Crippen LogP contribution in [-0.2, 0) is 0 Å². The van der Waals surface area contributed by atoms with Gasteiger partial charge >= 0.3 is 0 Å². The van der Waals surface area contributed by atoms with Crippen molar-refractivity contribution in [3.05, 3.63) is 33.9 Å². The van der Waals surface area contributed by atoms with Crippen LogP contribution < -0.4 is 10.6 Å². The Morgan fingerprint density at radius 1 is 1.48 bits per heavy atom. The molecule has 21 heavy (non-hydrogen) atoms. The minimum absolute atomic E-state index is 0.0830. The molecule has 0 spiro atoms. The molecular weight excluding hydrogens is 270 g/mol. The maximum absolute atomic E-state index is 12.4. The van der Waals surface area contributed by atoms with Gasteiger partial charge in [-0.3, -0.25) is 14.9 Å². The van der Waals surface area contributed by atoms with Gasteiger partial charge in [0.15, 0.2) is 0 Å². The van der Waals surface area contributed by atoms with Crippen LogP contribution in [0.4, 0.5) is 11.4 Å². The Hall–Kier alpha value is -2.11. The number of hydrogen-bond donors (Lipinski definition) is 2. The lowest BCUT2D eigenvalue weighted by atomic mass is 10.1. The molecule has 1 unspecified atom stereocenters. The SMILES string of the molecule is CCC(CC1CC1)NC(=O)c1cccc([N+](=O)[O-])c1NC. The number of hydrogen-bond acceptors (Lipinski definition) is 4. The quantitative estimate of drug-likeness (QED) is 0.597. The van der Waals surface area contributed by atoms with Crippen molar-refractivity contribution < 1.29 is 9.72 Å². The molecule has 0 heterocycles. The van der Waals surface area contributed by atoms with Gasteiger partial charge in [-0.05, 0) is 24.8 Å². The van der Waals surface area contributed by atoms with Gasteiger partial charge in [0.25, 0.3) is 11.6 Å². The maximum Gasteiger partial charge on any atom is 0.293 e. The Balaban J connectivity index is 2.17. The summed E-state index contributed by atoms with van der Waals surface area (Å²) in [5.74, 6) is 0.472. The first-order chi connectivity index (χ1) is 10.1. The Bertz CT molecular complexity index is 541. The number of nitrogens with one attached hydrogen (secondary N) is 2. The molecule has 0 bridgehead atoms. The second-order valence-corrected chi connectivity index (χ2v) is 5.46. The third-order valence-electron chi connectivity index (χ3n) is 3.88. The van der Waals surface area contributed by atoms with Gasteiger partial charge in [-0.15, -0.1) is 0 Å². The van der Waals surface area contributed by atoms with Crippen LogP contribution in [0.2, 0.25) is 0 Å². The molecule has 6 heteroatoms. The topological polar surface area (TPSA) is 84.3 Å². The minimum Gasteiger partial charge on any atom is -0.382 e. The molecule has 6 nitrogen and oxygen atoms in total. The summed E-state index contributed by atoms with van der Waals surface area (Å²) in [5, 5.41) is 16.8. The fourth-order valence-electron chi connectivity index (χ4n) is 2.49. The van der Waals surface area contributed by atoms with Crippen molar-refractivity contribution in [3.63, 3.8) is 0 Å². The zero-order valence-corrected chi connectivity index (χ0v) is 12.4. The predicted molar refractivity (Wildman–Crippen MR) is 81.5 cm³/mol. The lowest BCUT2D eigenvalue weighted by Crippen LogP contribution is -2.35. The van der Waals surface area contributed by atoms with Crippen LogP contribution in [0.3, 0.4) is 0 Å². The molecule has 0 aromatic heterocycles. The molecule has 1 saturated carbocycles. The summed E-state index contributed by atoms with van der Waals surface area (Å²) in [6, 6.07) is 4.67. The number of carbonyl (C=O) groups is 1. The van der Waals surface area contributed by atoms with Crippen molar-refractivity contribution in [1.82, 2.24) is 5.32 Å². The Labute approximate surface area is 124 Å². The van der Waals surface area contributed by atoms with E-state index in [9.17, 15) is 14.9 Å². The zero-order chi connectivity index (χ0) is 15.4. The summed E-state index contributed by atoms with van der Waals surface area (Å²) in [7, 11) is 1.58. The Morgan fingerprint density at radius 2 is 2.19 bits per heavy atom. The van der Waals surface area contributed by atoms with Crippen LogP contribution in [0.5, 0.6) is 0 Å². The highest BCUT2D eigenvalue weighted by atomic mass is 16.6. The molecule has 0 saturated heterocycles. The summed E-state index contributed by atoms with van der Waals surface area (Å²) < 4.78 is 0. The summed E-state index contributed by atoms with van der Waals surface area (Å²) >= 11 is 0. The van der Waals surface area contributed by atoms with Crippen LogP contribution in [0, 0.1) is 16.0 Å². The lowest BCUT2D eigenvalue weighted by molar-refractivity contribution is -0.384. The third kappa shape index (κ3) is 3.71. The summed E-state index contributed by atoms with van der Waals surface area (Å²) in [4.78, 5) is 22.9. The van der Waals surface area contributed by atoms with Gasteiger partial charge in [-0.25, -0.2) is 0 Å². The van der Waals surface area contributed by atoms with E-state index in [1.165, 1.54) is 25.0 Å². The van der Waals surface area contributed by atoms with E-state index in [1.54, 1.807) is 13.1 Å². The van der Waals surface area contributed by atoms with Crippen LogP contribution in [0.25, 0.3) is 0 Å². The van der Waals surface area contributed by atoms with E-state index in [1.807, 2.05) is 6.92 Å². The molecule has 1 amide bonds. The maximum atomic E-state index is 12.4. The van der Waals surface area contributed by atoms with E-state index >= 15 is 0 Å². The van der Waals surface area contributed by atoms with E-state index in [0.717, 1.165) is 18.8 Å². The highest BCUT2D eigenvalue weighted by Gasteiger charge is 2.27. The molecule has 1 aliphatic rings. The fraction of sp³-hybridized carbons (Fsp3) is 0.533. The van der Waals surface area contributed by atoms with Gasteiger partial charge in [-0.2, -0.15) is 0 Å². The fourth-order valence-corrected chi connectivity index (χ4v) is 2.49. The van der Waals surface area contributed by atoms with E-state index in [2.05, 4.69) is 10.6 Å². The standard InChI is InChI=1S/C15H21N3O3/c1-3-11(9-10-7-8-10)17-15(19)12-5-4-6-13(18(20)21)14(12)16-2/h4-6,10-11,16H,3,7-9H2,1-2H3,(H,17,19). The number of nitro benzene ring substituents is 1. The van der Waals surface area contributed by atoms with E-state index in [0.29, 0.717) is 5.56 Å². The molecule has 1 fully saturated rings. The van der Waals surface area contributed by atoms with Crippen molar-refractivity contribution >= 4 is 17.3 Å². The first kappa shape index (κ1) is 15.3. The number of benzene rings is 1. The Morgan fingerprint density at radius 3 is 2.71 bits per heavy atom. The Kier molecular flexibility index (Phi) is 4.77.